The highest BCUT2D eigenvalue weighted by Gasteiger charge is 2.32. The molecule has 0 saturated carbocycles. The molecule has 6 nitrogen and oxygen atoms in total. The van der Waals surface area contributed by atoms with Crippen LogP contribution in [0.5, 0.6) is 0 Å². The van der Waals surface area contributed by atoms with Crippen molar-refractivity contribution in [2.75, 3.05) is 16.8 Å². The van der Waals surface area contributed by atoms with E-state index in [1.54, 1.807) is 4.90 Å². The number of para-hydroxylation sites is 2. The van der Waals surface area contributed by atoms with Gasteiger partial charge in [0, 0.05) is 24.5 Å². The van der Waals surface area contributed by atoms with Crippen LogP contribution in [-0.2, 0) is 19.4 Å². The number of benzene rings is 2. The van der Waals surface area contributed by atoms with Crippen LogP contribution in [-0.4, -0.2) is 27.9 Å². The highest BCUT2D eigenvalue weighted by atomic mass is 16.2. The molecule has 1 N–H and O–H groups in total. The number of rotatable bonds is 3. The molecule has 2 aliphatic rings. The van der Waals surface area contributed by atoms with Crippen LogP contribution < -0.4 is 10.2 Å². The molecule has 1 aromatic heterocycles. The lowest BCUT2D eigenvalue weighted by atomic mass is 10.1. The van der Waals surface area contributed by atoms with Crippen LogP contribution in [0.4, 0.5) is 11.4 Å². The largest absolute Gasteiger partial charge is 0.323 e. The minimum atomic E-state index is -0.261. The van der Waals surface area contributed by atoms with E-state index >= 15 is 0 Å². The summed E-state index contributed by atoms with van der Waals surface area (Å²) in [5.41, 5.74) is 4.07. The number of imidazole rings is 1. The van der Waals surface area contributed by atoms with Crippen LogP contribution in [0.25, 0.3) is 0 Å². The summed E-state index contributed by atoms with van der Waals surface area (Å²) < 4.78 is 1.95. The monoisotopic (exact) mass is 386 g/mol. The third kappa shape index (κ3) is 3.10. The predicted octanol–water partition coefficient (Wildman–Crippen LogP) is 3.67. The van der Waals surface area contributed by atoms with Crippen molar-refractivity contribution in [2.45, 2.75) is 32.2 Å². The lowest BCUT2D eigenvalue weighted by Gasteiger charge is -2.20. The van der Waals surface area contributed by atoms with Crippen LogP contribution >= 0.6 is 0 Å². The van der Waals surface area contributed by atoms with Crippen molar-refractivity contribution in [3.8, 4) is 0 Å². The summed E-state index contributed by atoms with van der Waals surface area (Å²) in [6, 6.07) is 17.3. The SMILES string of the molecule is O=C(Nc1ccccc1)c1nc(C(=O)N2CCc3ccccc32)n2c1CCCC2. The molecule has 0 aliphatic carbocycles. The molecule has 2 aromatic carbocycles. The Morgan fingerprint density at radius 2 is 1.69 bits per heavy atom. The third-order valence-electron chi connectivity index (χ3n) is 5.69. The molecule has 3 heterocycles. The average Bonchev–Trinajstić information content (AvgIpc) is 3.36. The van der Waals surface area contributed by atoms with Crippen molar-refractivity contribution in [2.24, 2.45) is 0 Å². The van der Waals surface area contributed by atoms with Gasteiger partial charge in [0.2, 0.25) is 5.82 Å². The lowest BCUT2D eigenvalue weighted by Crippen LogP contribution is -2.32. The molecule has 29 heavy (non-hydrogen) atoms. The van der Waals surface area contributed by atoms with Gasteiger partial charge in [0.15, 0.2) is 5.69 Å². The number of anilines is 2. The average molecular weight is 386 g/mol. The molecule has 2 aliphatic heterocycles. The molecule has 3 aromatic rings. The zero-order valence-corrected chi connectivity index (χ0v) is 16.1. The number of amides is 2. The Morgan fingerprint density at radius 1 is 0.897 bits per heavy atom. The molecular weight excluding hydrogens is 364 g/mol. The summed E-state index contributed by atoms with van der Waals surface area (Å²) in [6.07, 6.45) is 3.59. The van der Waals surface area contributed by atoms with Crippen LogP contribution in [0.3, 0.4) is 0 Å². The molecular formula is C23H22N4O2. The summed E-state index contributed by atoms with van der Waals surface area (Å²) in [4.78, 5) is 32.7. The number of aromatic nitrogens is 2. The van der Waals surface area contributed by atoms with E-state index < -0.39 is 0 Å². The smallest absolute Gasteiger partial charge is 0.294 e. The Bertz CT molecular complexity index is 1090. The number of carbonyl (C=O) groups excluding carboxylic acids is 2. The van der Waals surface area contributed by atoms with Gasteiger partial charge < -0.3 is 14.8 Å². The molecule has 0 bridgehead atoms. The van der Waals surface area contributed by atoms with Gasteiger partial charge in [-0.15, -0.1) is 0 Å². The molecule has 0 fully saturated rings. The fraction of sp³-hybridized carbons (Fsp3) is 0.261. The van der Waals surface area contributed by atoms with Gasteiger partial charge in [-0.25, -0.2) is 4.98 Å². The maximum Gasteiger partial charge on any atom is 0.294 e. The number of fused-ring (bicyclic) bond motifs is 2. The fourth-order valence-corrected chi connectivity index (χ4v) is 4.27. The predicted molar refractivity (Wildman–Crippen MR) is 111 cm³/mol. The molecule has 0 saturated heterocycles. The van der Waals surface area contributed by atoms with Crippen LogP contribution in [0, 0.1) is 0 Å². The molecule has 6 heteroatoms. The minimum Gasteiger partial charge on any atom is -0.323 e. The van der Waals surface area contributed by atoms with E-state index in [4.69, 9.17) is 0 Å². The van der Waals surface area contributed by atoms with Gasteiger partial charge in [-0.05, 0) is 49.4 Å². The molecule has 5 rings (SSSR count). The molecule has 0 atom stereocenters. The van der Waals surface area contributed by atoms with E-state index in [1.807, 2.05) is 53.1 Å². The Kier molecular flexibility index (Phi) is 4.39. The summed E-state index contributed by atoms with van der Waals surface area (Å²) in [7, 11) is 0. The number of hydrogen-bond acceptors (Lipinski definition) is 3. The lowest BCUT2D eigenvalue weighted by molar-refractivity contribution is 0.0974. The van der Waals surface area contributed by atoms with Crippen molar-refractivity contribution in [1.29, 1.82) is 0 Å². The molecule has 2 amide bonds. The molecule has 0 unspecified atom stereocenters. The first-order valence-electron chi connectivity index (χ1n) is 10.1. The minimum absolute atomic E-state index is 0.128. The topological polar surface area (TPSA) is 67.2 Å². The van der Waals surface area contributed by atoms with E-state index in [-0.39, 0.29) is 11.8 Å². The standard InChI is InChI=1S/C23H22N4O2/c28-22(24-17-9-2-1-3-10-17)20-19-12-6-7-14-26(19)21(25-20)23(29)27-15-13-16-8-4-5-11-18(16)27/h1-5,8-11H,6-7,12-15H2,(H,24,28). The third-order valence-corrected chi connectivity index (χ3v) is 5.69. The highest BCUT2D eigenvalue weighted by Crippen LogP contribution is 2.30. The van der Waals surface area contributed by atoms with Gasteiger partial charge in [0.1, 0.15) is 0 Å². The van der Waals surface area contributed by atoms with Gasteiger partial charge in [-0.1, -0.05) is 36.4 Å². The van der Waals surface area contributed by atoms with E-state index in [0.717, 1.165) is 49.3 Å². The number of nitrogens with zero attached hydrogens (tertiary/aromatic N) is 3. The first kappa shape index (κ1) is 17.7. The van der Waals surface area contributed by atoms with E-state index in [0.29, 0.717) is 18.1 Å². The second-order valence-electron chi connectivity index (χ2n) is 7.50. The van der Waals surface area contributed by atoms with Crippen LogP contribution in [0.1, 0.15) is 45.2 Å². The Morgan fingerprint density at radius 3 is 2.55 bits per heavy atom. The van der Waals surface area contributed by atoms with E-state index in [9.17, 15) is 9.59 Å². The zero-order valence-electron chi connectivity index (χ0n) is 16.1. The zero-order chi connectivity index (χ0) is 19.8. The summed E-state index contributed by atoms with van der Waals surface area (Å²) in [5, 5.41) is 2.91. The Labute approximate surface area is 169 Å². The van der Waals surface area contributed by atoms with Crippen molar-refractivity contribution >= 4 is 23.2 Å². The quantitative estimate of drug-likeness (QED) is 0.747. The highest BCUT2D eigenvalue weighted by molar-refractivity contribution is 6.08. The van der Waals surface area contributed by atoms with E-state index in [2.05, 4.69) is 16.4 Å². The van der Waals surface area contributed by atoms with Crippen molar-refractivity contribution in [1.82, 2.24) is 9.55 Å². The second kappa shape index (κ2) is 7.20. The Hall–Kier alpha value is -3.41. The maximum absolute atomic E-state index is 13.4. The normalized spacial score (nSPS) is 15.0. The summed E-state index contributed by atoms with van der Waals surface area (Å²) >= 11 is 0. The van der Waals surface area contributed by atoms with Gasteiger partial charge in [0.05, 0.1) is 5.69 Å². The molecule has 146 valence electrons. The fourth-order valence-electron chi connectivity index (χ4n) is 4.27. The number of hydrogen-bond donors (Lipinski definition) is 1. The first-order valence-corrected chi connectivity index (χ1v) is 10.1. The number of carbonyl (C=O) groups is 2. The summed E-state index contributed by atoms with van der Waals surface area (Å²) in [5.74, 6) is -0.0193. The van der Waals surface area contributed by atoms with Gasteiger partial charge in [-0.3, -0.25) is 9.59 Å². The van der Waals surface area contributed by atoms with E-state index in [1.165, 1.54) is 5.56 Å². The van der Waals surface area contributed by atoms with Crippen LogP contribution in [0.15, 0.2) is 54.6 Å². The van der Waals surface area contributed by atoms with Gasteiger partial charge in [0.25, 0.3) is 11.8 Å². The molecule has 0 radical (unpaired) electrons. The first-order chi connectivity index (χ1) is 14.2. The summed E-state index contributed by atoms with van der Waals surface area (Å²) in [6.45, 7) is 1.36. The second-order valence-corrected chi connectivity index (χ2v) is 7.50. The number of nitrogens with one attached hydrogen (secondary N) is 1. The van der Waals surface area contributed by atoms with Crippen molar-refractivity contribution in [3.63, 3.8) is 0 Å². The van der Waals surface area contributed by atoms with Crippen molar-refractivity contribution in [3.05, 3.63) is 77.4 Å². The van der Waals surface area contributed by atoms with Gasteiger partial charge >= 0.3 is 0 Å². The molecule has 0 spiro atoms. The van der Waals surface area contributed by atoms with Crippen molar-refractivity contribution < 1.29 is 9.59 Å². The Balaban J connectivity index is 1.50. The van der Waals surface area contributed by atoms with Gasteiger partial charge in [-0.2, -0.15) is 0 Å². The van der Waals surface area contributed by atoms with Crippen LogP contribution in [0.2, 0.25) is 0 Å². The maximum atomic E-state index is 13.4.